The molecule has 0 aliphatic heterocycles. The first kappa shape index (κ1) is 11.2. The first-order valence-electron chi connectivity index (χ1n) is 3.54. The Bertz CT molecular complexity index is 281. The van der Waals surface area contributed by atoms with Gasteiger partial charge in [-0.05, 0) is 19.9 Å². The quantitative estimate of drug-likeness (QED) is 0.686. The van der Waals surface area contributed by atoms with Gasteiger partial charge in [-0.2, -0.15) is 0 Å². The van der Waals surface area contributed by atoms with Gasteiger partial charge >= 0.3 is 0 Å². The normalized spacial score (nSPS) is 9.25. The number of hydrogen-bond donors (Lipinski definition) is 2. The summed E-state index contributed by atoms with van der Waals surface area (Å²) in [6, 6.07) is 1.82. The standard InChI is InChI=1S/C8H12N2O.ClH/c1-5-3-7(6(2)10-5)8(11)4-9;/h3,10H,4,9H2,1-2H3;1H. The van der Waals surface area contributed by atoms with Crippen molar-refractivity contribution in [2.75, 3.05) is 6.54 Å². The fourth-order valence-electron chi connectivity index (χ4n) is 1.12. The van der Waals surface area contributed by atoms with Crippen molar-refractivity contribution in [3.8, 4) is 0 Å². The van der Waals surface area contributed by atoms with E-state index in [-0.39, 0.29) is 24.7 Å². The Kier molecular flexibility index (Phi) is 4.00. The molecule has 0 aliphatic rings. The van der Waals surface area contributed by atoms with Crippen molar-refractivity contribution in [2.24, 2.45) is 5.73 Å². The van der Waals surface area contributed by atoms with E-state index >= 15 is 0 Å². The molecule has 0 aliphatic carbocycles. The Morgan fingerprint density at radius 1 is 1.58 bits per heavy atom. The molecule has 0 spiro atoms. The van der Waals surface area contributed by atoms with E-state index in [1.54, 1.807) is 0 Å². The van der Waals surface area contributed by atoms with Crippen molar-refractivity contribution in [1.29, 1.82) is 0 Å². The maximum absolute atomic E-state index is 11.1. The number of carbonyl (C=O) groups is 1. The third-order valence-corrected chi connectivity index (χ3v) is 1.64. The lowest BCUT2D eigenvalue weighted by atomic mass is 10.1. The maximum Gasteiger partial charge on any atom is 0.178 e. The van der Waals surface area contributed by atoms with Crippen molar-refractivity contribution >= 4 is 18.2 Å². The van der Waals surface area contributed by atoms with Crippen LogP contribution in [0, 0.1) is 13.8 Å². The predicted molar refractivity (Wildman–Crippen MR) is 50.9 cm³/mol. The number of rotatable bonds is 2. The number of ketones is 1. The number of nitrogens with one attached hydrogen (secondary N) is 1. The number of aromatic nitrogens is 1. The van der Waals surface area contributed by atoms with Gasteiger partial charge in [0, 0.05) is 17.0 Å². The van der Waals surface area contributed by atoms with E-state index in [1.807, 2.05) is 19.9 Å². The lowest BCUT2D eigenvalue weighted by Crippen LogP contribution is -2.13. The van der Waals surface area contributed by atoms with E-state index in [4.69, 9.17) is 5.73 Å². The van der Waals surface area contributed by atoms with Gasteiger partial charge in [-0.15, -0.1) is 12.4 Å². The minimum absolute atomic E-state index is 0. The Hall–Kier alpha value is -0.800. The van der Waals surface area contributed by atoms with Crippen LogP contribution in [0.25, 0.3) is 0 Å². The van der Waals surface area contributed by atoms with Crippen LogP contribution in [0.3, 0.4) is 0 Å². The van der Waals surface area contributed by atoms with Gasteiger partial charge in [0.15, 0.2) is 5.78 Å². The van der Waals surface area contributed by atoms with Gasteiger partial charge in [0.2, 0.25) is 0 Å². The van der Waals surface area contributed by atoms with Gasteiger partial charge < -0.3 is 10.7 Å². The topological polar surface area (TPSA) is 58.9 Å². The van der Waals surface area contributed by atoms with Gasteiger partial charge in [0.25, 0.3) is 0 Å². The number of hydrogen-bond acceptors (Lipinski definition) is 2. The molecule has 4 heteroatoms. The van der Waals surface area contributed by atoms with Crippen molar-refractivity contribution < 1.29 is 4.79 Å². The van der Waals surface area contributed by atoms with E-state index < -0.39 is 0 Å². The molecule has 0 aromatic carbocycles. The fourth-order valence-corrected chi connectivity index (χ4v) is 1.12. The van der Waals surface area contributed by atoms with Crippen LogP contribution in [0.15, 0.2) is 6.07 Å². The molecule has 0 saturated carbocycles. The first-order valence-corrected chi connectivity index (χ1v) is 3.54. The van der Waals surface area contributed by atoms with Crippen LogP contribution >= 0.6 is 12.4 Å². The first-order chi connectivity index (χ1) is 5.15. The highest BCUT2D eigenvalue weighted by atomic mass is 35.5. The van der Waals surface area contributed by atoms with Gasteiger partial charge in [-0.3, -0.25) is 4.79 Å². The predicted octanol–water partition coefficient (Wildman–Crippen LogP) is 1.19. The van der Waals surface area contributed by atoms with Crippen molar-refractivity contribution in [2.45, 2.75) is 13.8 Å². The van der Waals surface area contributed by atoms with Crippen LogP contribution in [-0.2, 0) is 0 Å². The summed E-state index contributed by atoms with van der Waals surface area (Å²) in [5, 5.41) is 0. The molecule has 0 atom stereocenters. The Morgan fingerprint density at radius 2 is 2.17 bits per heavy atom. The molecule has 1 rings (SSSR count). The Labute approximate surface area is 77.8 Å². The number of H-pyrrole nitrogens is 1. The van der Waals surface area contributed by atoms with Crippen LogP contribution < -0.4 is 5.73 Å². The SMILES string of the molecule is Cc1cc(C(=O)CN)c(C)[nH]1.Cl. The minimum atomic E-state index is -0.00755. The molecule has 0 radical (unpaired) electrons. The van der Waals surface area contributed by atoms with Gasteiger partial charge in [-0.1, -0.05) is 0 Å². The molecule has 1 aromatic heterocycles. The highest BCUT2D eigenvalue weighted by Crippen LogP contribution is 2.08. The molecule has 0 bridgehead atoms. The van der Waals surface area contributed by atoms with E-state index in [2.05, 4.69) is 4.98 Å². The zero-order valence-electron chi connectivity index (χ0n) is 7.18. The maximum atomic E-state index is 11.1. The minimum Gasteiger partial charge on any atom is -0.362 e. The summed E-state index contributed by atoms with van der Waals surface area (Å²) in [6.07, 6.45) is 0. The van der Waals surface area contributed by atoms with Crippen molar-refractivity contribution in [3.05, 3.63) is 23.0 Å². The monoisotopic (exact) mass is 188 g/mol. The number of Topliss-reactive ketones (excluding diaryl/α,β-unsaturated/α-hetero) is 1. The fraction of sp³-hybridized carbons (Fsp3) is 0.375. The summed E-state index contributed by atoms with van der Waals surface area (Å²) < 4.78 is 0. The van der Waals surface area contributed by atoms with Crippen molar-refractivity contribution in [1.82, 2.24) is 4.98 Å². The van der Waals surface area contributed by atoms with Crippen LogP contribution in [0.5, 0.6) is 0 Å². The molecule has 0 fully saturated rings. The molecule has 68 valence electrons. The average Bonchev–Trinajstić information content (AvgIpc) is 2.28. The number of aromatic amines is 1. The molecule has 3 nitrogen and oxygen atoms in total. The van der Waals surface area contributed by atoms with Crippen LogP contribution in [-0.4, -0.2) is 17.3 Å². The summed E-state index contributed by atoms with van der Waals surface area (Å²) in [7, 11) is 0. The number of carbonyl (C=O) groups excluding carboxylic acids is 1. The molecule has 0 saturated heterocycles. The average molecular weight is 189 g/mol. The number of nitrogens with two attached hydrogens (primary N) is 1. The van der Waals surface area contributed by atoms with E-state index in [1.165, 1.54) is 0 Å². The summed E-state index contributed by atoms with van der Waals surface area (Å²) in [5.41, 5.74) is 7.83. The molecule has 1 heterocycles. The van der Waals surface area contributed by atoms with E-state index in [0.717, 1.165) is 11.4 Å². The zero-order valence-corrected chi connectivity index (χ0v) is 7.99. The smallest absolute Gasteiger partial charge is 0.178 e. The summed E-state index contributed by atoms with van der Waals surface area (Å²) >= 11 is 0. The Balaban J connectivity index is 0.00000121. The largest absolute Gasteiger partial charge is 0.362 e. The highest BCUT2D eigenvalue weighted by molar-refractivity contribution is 5.98. The molecule has 12 heavy (non-hydrogen) atoms. The molecular formula is C8H13ClN2O. The van der Waals surface area contributed by atoms with E-state index in [9.17, 15) is 4.79 Å². The lowest BCUT2D eigenvalue weighted by Gasteiger charge is -1.92. The van der Waals surface area contributed by atoms with Crippen LogP contribution in [0.1, 0.15) is 21.7 Å². The highest BCUT2D eigenvalue weighted by Gasteiger charge is 2.08. The number of aryl methyl sites for hydroxylation is 2. The second kappa shape index (κ2) is 4.28. The van der Waals surface area contributed by atoms with Crippen molar-refractivity contribution in [3.63, 3.8) is 0 Å². The van der Waals surface area contributed by atoms with Crippen LogP contribution in [0.4, 0.5) is 0 Å². The van der Waals surface area contributed by atoms with Gasteiger partial charge in [0.05, 0.1) is 6.54 Å². The second-order valence-corrected chi connectivity index (χ2v) is 2.62. The van der Waals surface area contributed by atoms with Gasteiger partial charge in [0.1, 0.15) is 0 Å². The summed E-state index contributed by atoms with van der Waals surface area (Å²) in [4.78, 5) is 14.1. The number of halogens is 1. The molecule has 3 N–H and O–H groups in total. The van der Waals surface area contributed by atoms with Crippen LogP contribution in [0.2, 0.25) is 0 Å². The van der Waals surface area contributed by atoms with E-state index in [0.29, 0.717) is 5.56 Å². The molecule has 0 amide bonds. The third kappa shape index (κ3) is 2.09. The zero-order chi connectivity index (χ0) is 8.43. The third-order valence-electron chi connectivity index (χ3n) is 1.64. The lowest BCUT2D eigenvalue weighted by molar-refractivity contribution is 0.100. The summed E-state index contributed by atoms with van der Waals surface area (Å²) in [6.45, 7) is 3.87. The second-order valence-electron chi connectivity index (χ2n) is 2.62. The summed E-state index contributed by atoms with van der Waals surface area (Å²) in [5.74, 6) is -0.00755. The van der Waals surface area contributed by atoms with Gasteiger partial charge in [-0.25, -0.2) is 0 Å². The Morgan fingerprint density at radius 3 is 2.50 bits per heavy atom. The molecular weight excluding hydrogens is 176 g/mol. The molecule has 0 unspecified atom stereocenters. The molecule has 1 aromatic rings.